The monoisotopic (exact) mass is 991 g/mol. The molecule has 69 heavy (non-hydrogen) atoms. The summed E-state index contributed by atoms with van der Waals surface area (Å²) in [6, 6.07) is 17.1. The zero-order valence-electron chi connectivity index (χ0n) is 40.0. The Labute approximate surface area is 400 Å². The van der Waals surface area contributed by atoms with Crippen molar-refractivity contribution in [2.45, 2.75) is 161 Å². The van der Waals surface area contributed by atoms with Crippen LogP contribution in [0.5, 0.6) is 17.2 Å². The minimum atomic E-state index is -4.69. The minimum Gasteiger partial charge on any atom is -0.490 e. The average Bonchev–Trinajstić information content (AvgIpc) is 3.29. The van der Waals surface area contributed by atoms with Crippen molar-refractivity contribution in [2.75, 3.05) is 19.6 Å². The number of unbranched alkanes of at least 4 members (excludes halogenated alkanes) is 11. The van der Waals surface area contributed by atoms with E-state index in [1.54, 1.807) is 0 Å². The third-order valence-corrected chi connectivity index (χ3v) is 11.9. The van der Waals surface area contributed by atoms with Crippen LogP contribution in [-0.2, 0) is 24.7 Å². The van der Waals surface area contributed by atoms with E-state index in [1.807, 2.05) is 0 Å². The highest BCUT2D eigenvalue weighted by Crippen LogP contribution is 2.44. The highest BCUT2D eigenvalue weighted by atomic mass is 19.4. The third kappa shape index (κ3) is 20.4. The SMILES string of the molecule is CCCCCCCCCCCC(c1cc(C(F)(F)F)ccc1OB(Oc1ccc(C(F)(F)F)cc1)Oc1ccc(C(F)(F)F)cc1)[N+](CCCC)(CCCC)CCCC.FC(F)(F)c1cc[c-]cc1. The van der Waals surface area contributed by atoms with Gasteiger partial charge in [0.15, 0.2) is 0 Å². The van der Waals surface area contributed by atoms with Crippen molar-refractivity contribution in [1.29, 1.82) is 0 Å². The van der Waals surface area contributed by atoms with Crippen molar-refractivity contribution in [1.82, 2.24) is 0 Å². The topological polar surface area (TPSA) is 27.7 Å². The van der Waals surface area contributed by atoms with Crippen LogP contribution in [0.1, 0.15) is 164 Å². The van der Waals surface area contributed by atoms with Crippen molar-refractivity contribution in [3.8, 4) is 17.2 Å². The summed E-state index contributed by atoms with van der Waals surface area (Å²) >= 11 is 0. The summed E-state index contributed by atoms with van der Waals surface area (Å²) in [5.41, 5.74) is -3.09. The normalized spacial score (nSPS) is 12.8. The molecule has 1 unspecified atom stereocenters. The van der Waals surface area contributed by atoms with Crippen LogP contribution in [0.25, 0.3) is 0 Å². The lowest BCUT2D eigenvalue weighted by molar-refractivity contribution is -0.958. The first kappa shape index (κ1) is 58.8. The average molecular weight is 992 g/mol. The Morgan fingerprint density at radius 2 is 0.797 bits per heavy atom. The Morgan fingerprint density at radius 1 is 0.435 bits per heavy atom. The zero-order valence-corrected chi connectivity index (χ0v) is 40.0. The highest BCUT2D eigenvalue weighted by molar-refractivity contribution is 6.39. The van der Waals surface area contributed by atoms with Gasteiger partial charge in [0.1, 0.15) is 23.3 Å². The Balaban J connectivity index is 0.00000111. The van der Waals surface area contributed by atoms with Crippen LogP contribution in [0, 0.1) is 6.07 Å². The van der Waals surface area contributed by atoms with Crippen molar-refractivity contribution >= 4 is 7.32 Å². The van der Waals surface area contributed by atoms with Gasteiger partial charge in [-0.25, -0.2) is 0 Å². The molecule has 17 heteroatoms. The number of benzene rings is 4. The number of nitrogens with zero attached hydrogens (tertiary/aromatic N) is 1. The molecule has 0 aromatic heterocycles. The first-order chi connectivity index (χ1) is 32.6. The molecule has 4 aromatic rings. The van der Waals surface area contributed by atoms with E-state index in [9.17, 15) is 52.7 Å². The molecule has 0 aliphatic heterocycles. The van der Waals surface area contributed by atoms with Gasteiger partial charge in [0.25, 0.3) is 0 Å². The number of halogens is 12. The summed E-state index contributed by atoms with van der Waals surface area (Å²) in [5, 5.41) is 0. The van der Waals surface area contributed by atoms with Crippen LogP contribution in [0.4, 0.5) is 52.7 Å². The fourth-order valence-corrected chi connectivity index (χ4v) is 8.11. The van der Waals surface area contributed by atoms with Gasteiger partial charge < -0.3 is 18.4 Å². The molecule has 4 rings (SSSR count). The number of hydrogen-bond donors (Lipinski definition) is 0. The first-order valence-electron chi connectivity index (χ1n) is 24.0. The lowest BCUT2D eigenvalue weighted by Crippen LogP contribution is -2.53. The summed E-state index contributed by atoms with van der Waals surface area (Å²) < 4.78 is 178. The van der Waals surface area contributed by atoms with Crippen LogP contribution in [0.2, 0.25) is 0 Å². The molecule has 0 bridgehead atoms. The Bertz CT molecular complexity index is 1920. The van der Waals surface area contributed by atoms with Gasteiger partial charge in [0.05, 0.1) is 41.9 Å². The molecule has 0 heterocycles. The second-order valence-electron chi connectivity index (χ2n) is 17.3. The molecule has 1 atom stereocenters. The molecule has 4 aromatic carbocycles. The van der Waals surface area contributed by atoms with E-state index in [1.165, 1.54) is 43.9 Å². The first-order valence-corrected chi connectivity index (χ1v) is 24.0. The van der Waals surface area contributed by atoms with Gasteiger partial charge in [-0.3, -0.25) is 0 Å². The smallest absolute Gasteiger partial charge is 0.490 e. The summed E-state index contributed by atoms with van der Waals surface area (Å²) in [4.78, 5) is 0. The Morgan fingerprint density at radius 3 is 1.17 bits per heavy atom. The van der Waals surface area contributed by atoms with E-state index >= 15 is 0 Å². The quantitative estimate of drug-likeness (QED) is 0.0196. The van der Waals surface area contributed by atoms with Crippen molar-refractivity contribution < 1.29 is 71.1 Å². The van der Waals surface area contributed by atoms with E-state index in [4.69, 9.17) is 14.0 Å². The van der Waals surface area contributed by atoms with Gasteiger partial charge in [-0.15, -0.1) is 0 Å². The van der Waals surface area contributed by atoms with Gasteiger partial charge in [-0.2, -0.15) is 83.0 Å². The van der Waals surface area contributed by atoms with Gasteiger partial charge >= 0.3 is 32.0 Å². The van der Waals surface area contributed by atoms with Gasteiger partial charge in [-0.05, 0) is 92.4 Å². The van der Waals surface area contributed by atoms with Crippen LogP contribution < -0.4 is 14.0 Å². The molecule has 0 spiro atoms. The molecule has 0 saturated heterocycles. The lowest BCUT2D eigenvalue weighted by atomic mass is 9.91. The van der Waals surface area contributed by atoms with E-state index in [2.05, 4.69) is 33.8 Å². The molecule has 0 aliphatic carbocycles. The summed E-state index contributed by atoms with van der Waals surface area (Å²) in [5.74, 6) is -0.239. The van der Waals surface area contributed by atoms with Crippen molar-refractivity contribution in [2.24, 2.45) is 0 Å². The third-order valence-electron chi connectivity index (χ3n) is 11.9. The standard InChI is InChI=1S/C45H62BF9NO3.C7H4F3/c1-5-9-13-14-15-16-17-18-19-20-41(56(31-10-6-2,32-11-7-3)33-12-8-4)40-34-37(45(53,54)55)25-30-42(40)59-46(57-38-26-21-35(22-27-38)43(47,48)49)58-39-28-23-36(24-29-39)44(50,51)52;8-7(9,10)6-4-2-1-3-5-6/h21-30,34,41H,5-20,31-33H2,1-4H3;2-5H/q+1;-1. The number of hydrogen-bond acceptors (Lipinski definition) is 3. The molecule has 0 amide bonds. The molecule has 384 valence electrons. The van der Waals surface area contributed by atoms with Gasteiger partial charge in [-0.1, -0.05) is 104 Å². The van der Waals surface area contributed by atoms with Crippen molar-refractivity contribution in [3.63, 3.8) is 0 Å². The minimum absolute atomic E-state index is 0.0229. The fourth-order valence-electron chi connectivity index (χ4n) is 8.11. The van der Waals surface area contributed by atoms with Crippen molar-refractivity contribution in [3.05, 3.63) is 125 Å². The predicted octanol–water partition coefficient (Wildman–Crippen LogP) is 17.9. The Kier molecular flexibility index (Phi) is 24.1. The second-order valence-corrected chi connectivity index (χ2v) is 17.3. The lowest BCUT2D eigenvalue weighted by Gasteiger charge is -2.46. The molecule has 0 aliphatic rings. The maximum absolute atomic E-state index is 14.6. The summed E-state index contributed by atoms with van der Waals surface area (Å²) in [7, 11) is -1.82. The second kappa shape index (κ2) is 28.3. The Hall–Kier alpha value is -4.54. The molecule has 4 nitrogen and oxygen atoms in total. The molecule has 0 N–H and O–H groups in total. The highest BCUT2D eigenvalue weighted by Gasteiger charge is 2.42. The molecule has 0 radical (unpaired) electrons. The molecule has 0 saturated carbocycles. The van der Waals surface area contributed by atoms with E-state index in [0.29, 0.717) is 16.5 Å². The summed E-state index contributed by atoms with van der Waals surface area (Å²) in [6.07, 6.45) is -2.72. The largest absolute Gasteiger partial charge is 0.864 e. The molecule has 0 fully saturated rings. The fraction of sp³-hybridized carbons (Fsp3) is 0.538. The predicted molar refractivity (Wildman–Crippen MR) is 246 cm³/mol. The molecular weight excluding hydrogens is 925 g/mol. The molecular formula is C52H66BF12NO3. The van der Waals surface area contributed by atoms with E-state index < -0.39 is 60.3 Å². The summed E-state index contributed by atoms with van der Waals surface area (Å²) in [6.45, 7) is 10.7. The van der Waals surface area contributed by atoms with Crippen LogP contribution in [-0.4, -0.2) is 31.4 Å². The van der Waals surface area contributed by atoms with E-state index in [0.717, 1.165) is 163 Å². The number of alkyl halides is 12. The van der Waals surface area contributed by atoms with Crippen LogP contribution in [0.3, 0.4) is 0 Å². The van der Waals surface area contributed by atoms with Gasteiger partial charge in [0.2, 0.25) is 0 Å². The number of rotatable bonds is 27. The maximum atomic E-state index is 14.6. The van der Waals surface area contributed by atoms with Crippen LogP contribution in [0.15, 0.2) is 91.0 Å². The zero-order chi connectivity index (χ0) is 51.1. The maximum Gasteiger partial charge on any atom is 0.864 e. The van der Waals surface area contributed by atoms with E-state index in [-0.39, 0.29) is 17.2 Å². The van der Waals surface area contributed by atoms with Gasteiger partial charge in [0, 0.05) is 6.42 Å². The number of quaternary nitrogens is 1. The van der Waals surface area contributed by atoms with Crippen LogP contribution >= 0.6 is 0 Å².